The molecular formula is C21H29N3O. The highest BCUT2D eigenvalue weighted by Crippen LogP contribution is 2.39. The molecule has 1 saturated carbocycles. The molecule has 0 aromatic heterocycles. The van der Waals surface area contributed by atoms with Gasteiger partial charge in [-0.3, -0.25) is 4.79 Å². The summed E-state index contributed by atoms with van der Waals surface area (Å²) >= 11 is 0. The molecule has 25 heavy (non-hydrogen) atoms. The third-order valence-electron chi connectivity index (χ3n) is 6.02. The third kappa shape index (κ3) is 3.66. The zero-order chi connectivity index (χ0) is 18.1. The van der Waals surface area contributed by atoms with Crippen LogP contribution >= 0.6 is 0 Å². The standard InChI is InChI=1S/C21H29N3O/c1-20(2,3)17-9-13-24(14-10-17)19(25)21(11-4-12-21)23-18-7-5-16(15-22)6-8-18/h5-8,17,23H,4,9-14H2,1-3H3. The van der Waals surface area contributed by atoms with Gasteiger partial charge in [-0.25, -0.2) is 0 Å². The quantitative estimate of drug-likeness (QED) is 0.899. The smallest absolute Gasteiger partial charge is 0.248 e. The van der Waals surface area contributed by atoms with Crippen LogP contribution in [0.4, 0.5) is 5.69 Å². The molecule has 1 aliphatic carbocycles. The second kappa shape index (κ2) is 6.71. The van der Waals surface area contributed by atoms with Crippen molar-refractivity contribution in [2.75, 3.05) is 18.4 Å². The predicted molar refractivity (Wildman–Crippen MR) is 100 cm³/mol. The van der Waals surface area contributed by atoms with Gasteiger partial charge in [-0.2, -0.15) is 5.26 Å². The maximum atomic E-state index is 13.2. The first-order valence-corrected chi connectivity index (χ1v) is 9.42. The number of carbonyl (C=O) groups excluding carboxylic acids is 1. The molecule has 1 aliphatic heterocycles. The summed E-state index contributed by atoms with van der Waals surface area (Å²) < 4.78 is 0. The van der Waals surface area contributed by atoms with Crippen LogP contribution in [0.5, 0.6) is 0 Å². The summed E-state index contributed by atoms with van der Waals surface area (Å²) in [5.74, 6) is 0.954. The molecule has 1 heterocycles. The van der Waals surface area contributed by atoms with E-state index in [0.29, 0.717) is 16.9 Å². The Morgan fingerprint density at radius 3 is 2.24 bits per heavy atom. The summed E-state index contributed by atoms with van der Waals surface area (Å²) in [7, 11) is 0. The Morgan fingerprint density at radius 2 is 1.80 bits per heavy atom. The van der Waals surface area contributed by atoms with Gasteiger partial charge in [0, 0.05) is 18.8 Å². The van der Waals surface area contributed by atoms with E-state index in [1.165, 1.54) is 0 Å². The van der Waals surface area contributed by atoms with Crippen LogP contribution in [0.25, 0.3) is 0 Å². The highest BCUT2D eigenvalue weighted by atomic mass is 16.2. The number of hydrogen-bond acceptors (Lipinski definition) is 3. The first-order valence-electron chi connectivity index (χ1n) is 9.42. The van der Waals surface area contributed by atoms with Gasteiger partial charge in [0.2, 0.25) is 5.91 Å². The monoisotopic (exact) mass is 339 g/mol. The second-order valence-corrected chi connectivity index (χ2v) is 8.68. The number of anilines is 1. The molecule has 0 atom stereocenters. The first kappa shape index (κ1) is 17.8. The lowest BCUT2D eigenvalue weighted by Crippen LogP contribution is -2.59. The van der Waals surface area contributed by atoms with Gasteiger partial charge in [-0.1, -0.05) is 20.8 Å². The number of amides is 1. The van der Waals surface area contributed by atoms with Crippen LogP contribution in [0.2, 0.25) is 0 Å². The number of benzene rings is 1. The Kier molecular flexibility index (Phi) is 4.77. The maximum Gasteiger partial charge on any atom is 0.248 e. The van der Waals surface area contributed by atoms with E-state index in [4.69, 9.17) is 5.26 Å². The van der Waals surface area contributed by atoms with Crippen molar-refractivity contribution in [2.24, 2.45) is 11.3 Å². The van der Waals surface area contributed by atoms with Gasteiger partial charge in [0.05, 0.1) is 11.6 Å². The minimum atomic E-state index is -0.442. The lowest BCUT2D eigenvalue weighted by Gasteiger charge is -2.47. The molecule has 1 aromatic rings. The summed E-state index contributed by atoms with van der Waals surface area (Å²) in [4.78, 5) is 15.3. The van der Waals surface area contributed by atoms with Crippen molar-refractivity contribution in [3.63, 3.8) is 0 Å². The minimum Gasteiger partial charge on any atom is -0.371 e. The Balaban J connectivity index is 1.66. The van der Waals surface area contributed by atoms with Gasteiger partial charge in [-0.15, -0.1) is 0 Å². The summed E-state index contributed by atoms with van der Waals surface area (Å²) in [6.07, 6.45) is 5.08. The zero-order valence-corrected chi connectivity index (χ0v) is 15.6. The molecule has 2 aliphatic rings. The molecule has 0 spiro atoms. The Morgan fingerprint density at radius 1 is 1.20 bits per heavy atom. The fourth-order valence-corrected chi connectivity index (χ4v) is 4.08. The number of nitrogens with zero attached hydrogens (tertiary/aromatic N) is 2. The van der Waals surface area contributed by atoms with Crippen LogP contribution in [0, 0.1) is 22.7 Å². The highest BCUT2D eigenvalue weighted by Gasteiger charge is 2.47. The Hall–Kier alpha value is -2.02. The summed E-state index contributed by atoms with van der Waals surface area (Å²) in [6, 6.07) is 9.53. The Bertz CT molecular complexity index is 654. The van der Waals surface area contributed by atoms with Gasteiger partial charge in [0.1, 0.15) is 5.54 Å². The van der Waals surface area contributed by atoms with Crippen molar-refractivity contribution >= 4 is 11.6 Å². The van der Waals surface area contributed by atoms with Crippen molar-refractivity contribution in [3.05, 3.63) is 29.8 Å². The summed E-state index contributed by atoms with van der Waals surface area (Å²) in [6.45, 7) is 8.65. The summed E-state index contributed by atoms with van der Waals surface area (Å²) in [5.41, 5.74) is 1.45. The molecule has 4 nitrogen and oxygen atoms in total. The van der Waals surface area contributed by atoms with E-state index in [-0.39, 0.29) is 5.91 Å². The molecule has 0 bridgehead atoms. The third-order valence-corrected chi connectivity index (χ3v) is 6.02. The van der Waals surface area contributed by atoms with Crippen LogP contribution in [0.3, 0.4) is 0 Å². The van der Waals surface area contributed by atoms with Crippen molar-refractivity contribution in [1.82, 2.24) is 4.90 Å². The molecule has 134 valence electrons. The first-order chi connectivity index (χ1) is 11.8. The molecule has 3 rings (SSSR count). The van der Waals surface area contributed by atoms with Gasteiger partial charge < -0.3 is 10.2 Å². The van der Waals surface area contributed by atoms with Crippen molar-refractivity contribution < 1.29 is 4.79 Å². The van der Waals surface area contributed by atoms with Gasteiger partial charge >= 0.3 is 0 Å². The molecule has 1 N–H and O–H groups in total. The van der Waals surface area contributed by atoms with Crippen molar-refractivity contribution in [1.29, 1.82) is 5.26 Å². The normalized spacial score (nSPS) is 20.5. The van der Waals surface area contributed by atoms with E-state index < -0.39 is 5.54 Å². The number of rotatable bonds is 3. The van der Waals surface area contributed by atoms with Gasteiger partial charge in [0.25, 0.3) is 0 Å². The molecule has 1 amide bonds. The van der Waals surface area contributed by atoms with E-state index >= 15 is 0 Å². The second-order valence-electron chi connectivity index (χ2n) is 8.68. The molecule has 0 radical (unpaired) electrons. The molecule has 1 saturated heterocycles. The molecular weight excluding hydrogens is 310 g/mol. The largest absolute Gasteiger partial charge is 0.371 e. The molecule has 2 fully saturated rings. The SMILES string of the molecule is CC(C)(C)C1CCN(C(=O)C2(Nc3ccc(C#N)cc3)CCC2)CC1. The average molecular weight is 339 g/mol. The topological polar surface area (TPSA) is 56.1 Å². The van der Waals surface area contributed by atoms with E-state index in [2.05, 4.69) is 37.1 Å². The van der Waals surface area contributed by atoms with Crippen LogP contribution in [0.1, 0.15) is 58.4 Å². The number of hydrogen-bond donors (Lipinski definition) is 1. The van der Waals surface area contributed by atoms with Crippen LogP contribution < -0.4 is 5.32 Å². The van der Waals surface area contributed by atoms with E-state index in [1.807, 2.05) is 12.1 Å². The fraction of sp³-hybridized carbons (Fsp3) is 0.619. The lowest BCUT2D eigenvalue weighted by molar-refractivity contribution is -0.140. The fourth-order valence-electron chi connectivity index (χ4n) is 4.08. The number of nitriles is 1. The maximum absolute atomic E-state index is 13.2. The van der Waals surface area contributed by atoms with Crippen molar-refractivity contribution in [2.45, 2.75) is 58.4 Å². The molecule has 0 unspecified atom stereocenters. The number of carbonyl (C=O) groups is 1. The van der Waals surface area contributed by atoms with Crippen LogP contribution in [-0.2, 0) is 4.79 Å². The number of piperidine rings is 1. The molecule has 4 heteroatoms. The number of likely N-dealkylation sites (tertiary alicyclic amines) is 1. The van der Waals surface area contributed by atoms with E-state index in [0.717, 1.165) is 50.9 Å². The van der Waals surface area contributed by atoms with Gasteiger partial charge in [0.15, 0.2) is 0 Å². The van der Waals surface area contributed by atoms with Gasteiger partial charge in [-0.05, 0) is 67.7 Å². The van der Waals surface area contributed by atoms with Crippen molar-refractivity contribution in [3.8, 4) is 6.07 Å². The average Bonchev–Trinajstić information content (AvgIpc) is 2.57. The number of nitrogens with one attached hydrogen (secondary N) is 1. The summed E-state index contributed by atoms with van der Waals surface area (Å²) in [5, 5.41) is 12.4. The minimum absolute atomic E-state index is 0.260. The molecule has 1 aromatic carbocycles. The highest BCUT2D eigenvalue weighted by molar-refractivity contribution is 5.90. The Labute approximate surface area is 151 Å². The lowest BCUT2D eigenvalue weighted by atomic mass is 9.73. The predicted octanol–water partition coefficient (Wildman–Crippen LogP) is 4.18. The van der Waals surface area contributed by atoms with Crippen LogP contribution in [0.15, 0.2) is 24.3 Å². The van der Waals surface area contributed by atoms with E-state index in [1.54, 1.807) is 12.1 Å². The van der Waals surface area contributed by atoms with Crippen LogP contribution in [-0.4, -0.2) is 29.4 Å². The zero-order valence-electron chi connectivity index (χ0n) is 15.6. The van der Waals surface area contributed by atoms with E-state index in [9.17, 15) is 4.79 Å².